The lowest BCUT2D eigenvalue weighted by Crippen LogP contribution is -2.20. The Morgan fingerprint density at radius 1 is 1.00 bits per heavy atom. The molecule has 1 heterocycles. The van der Waals surface area contributed by atoms with Crippen molar-refractivity contribution >= 4 is 9.73 Å². The lowest BCUT2D eigenvalue weighted by atomic mass is 9.81. The molecule has 0 amide bonds. The lowest BCUT2D eigenvalue weighted by Gasteiger charge is -2.26. The molecule has 0 saturated carbocycles. The highest BCUT2D eigenvalue weighted by Crippen LogP contribution is 2.42. The van der Waals surface area contributed by atoms with E-state index in [-0.39, 0.29) is 34.2 Å². The first kappa shape index (κ1) is 25.7. The molecule has 1 atom stereocenters. The molecule has 0 bridgehead atoms. The van der Waals surface area contributed by atoms with Crippen molar-refractivity contribution in [3.05, 3.63) is 76.5 Å². The van der Waals surface area contributed by atoms with E-state index in [1.807, 2.05) is 30.3 Å². The first-order valence-electron chi connectivity index (χ1n) is 10.7. The van der Waals surface area contributed by atoms with Gasteiger partial charge in [0, 0.05) is 17.9 Å². The first-order chi connectivity index (χ1) is 15.6. The summed E-state index contributed by atoms with van der Waals surface area (Å²) >= 11 is 0. The summed E-state index contributed by atoms with van der Waals surface area (Å²) in [6.07, 6.45) is -3.26. The van der Waals surface area contributed by atoms with Crippen LogP contribution in [-0.2, 0) is 27.9 Å². The molecule has 8 heteroatoms. The van der Waals surface area contributed by atoms with Crippen LogP contribution in [0.1, 0.15) is 48.7 Å². The van der Waals surface area contributed by atoms with Crippen LogP contribution in [0.5, 0.6) is 5.75 Å². The van der Waals surface area contributed by atoms with Crippen molar-refractivity contribution in [3.63, 3.8) is 0 Å². The molecule has 2 aromatic carbocycles. The highest BCUT2D eigenvalue weighted by molar-refractivity contribution is 7.91. The Bertz CT molecular complexity index is 1310. The van der Waals surface area contributed by atoms with Gasteiger partial charge in [-0.05, 0) is 42.0 Å². The number of nitrogens with zero attached hydrogens (tertiary/aromatic N) is 1. The van der Waals surface area contributed by atoms with Crippen molar-refractivity contribution in [3.8, 4) is 17.0 Å². The van der Waals surface area contributed by atoms with Crippen LogP contribution < -0.4 is 4.74 Å². The van der Waals surface area contributed by atoms with E-state index in [0.29, 0.717) is 11.1 Å². The van der Waals surface area contributed by atoms with Crippen molar-refractivity contribution in [2.24, 2.45) is 0 Å². The van der Waals surface area contributed by atoms with E-state index >= 15 is 0 Å². The number of hydrogen-bond donors (Lipinski definition) is 1. The van der Waals surface area contributed by atoms with E-state index in [4.69, 9.17) is 9.52 Å². The van der Waals surface area contributed by atoms with Crippen molar-refractivity contribution in [1.82, 2.24) is 4.98 Å². The van der Waals surface area contributed by atoms with E-state index in [2.05, 4.69) is 4.98 Å². The SMILES string of the molecule is Cc1cc(C(C)(C)C)c(C(F)(F)F)cc1-c1cc(OCc2ccccc2)c(S(C)(=N)=O)c(C)n1. The molecule has 0 aliphatic rings. The Morgan fingerprint density at radius 2 is 1.62 bits per heavy atom. The van der Waals surface area contributed by atoms with Gasteiger partial charge < -0.3 is 4.74 Å². The monoisotopic (exact) mass is 490 g/mol. The van der Waals surface area contributed by atoms with Crippen LogP contribution in [0, 0.1) is 18.6 Å². The van der Waals surface area contributed by atoms with Gasteiger partial charge in [0.25, 0.3) is 0 Å². The zero-order chi connectivity index (χ0) is 25.5. The normalized spacial score (nSPS) is 14.0. The summed E-state index contributed by atoms with van der Waals surface area (Å²) in [7, 11) is -3.20. The van der Waals surface area contributed by atoms with Crippen LogP contribution in [0.3, 0.4) is 0 Å². The number of alkyl halides is 3. The van der Waals surface area contributed by atoms with Crippen LogP contribution >= 0.6 is 0 Å². The van der Waals surface area contributed by atoms with E-state index in [1.54, 1.807) is 40.7 Å². The maximum Gasteiger partial charge on any atom is 0.416 e. The fraction of sp³-hybridized carbons (Fsp3) is 0.346. The molecule has 0 spiro atoms. The Labute approximate surface area is 199 Å². The second-order valence-corrected chi connectivity index (χ2v) is 11.6. The smallest absolute Gasteiger partial charge is 0.416 e. The van der Waals surface area contributed by atoms with Gasteiger partial charge in [-0.15, -0.1) is 0 Å². The van der Waals surface area contributed by atoms with Crippen molar-refractivity contribution in [2.75, 3.05) is 6.26 Å². The molecule has 0 aliphatic carbocycles. The Morgan fingerprint density at radius 3 is 2.15 bits per heavy atom. The maximum absolute atomic E-state index is 14.0. The third kappa shape index (κ3) is 5.60. The molecule has 0 radical (unpaired) electrons. The average molecular weight is 491 g/mol. The van der Waals surface area contributed by atoms with Gasteiger partial charge in [0.1, 0.15) is 17.3 Å². The highest BCUT2D eigenvalue weighted by atomic mass is 32.2. The summed E-state index contributed by atoms with van der Waals surface area (Å²) in [5.74, 6) is 0.182. The average Bonchev–Trinajstić information content (AvgIpc) is 2.69. The fourth-order valence-electron chi connectivity index (χ4n) is 3.92. The number of halogens is 3. The molecular formula is C26H29F3N2O2S. The number of benzene rings is 2. The molecule has 34 heavy (non-hydrogen) atoms. The predicted octanol–water partition coefficient (Wildman–Crippen LogP) is 7.30. The van der Waals surface area contributed by atoms with Crippen LogP contribution in [0.15, 0.2) is 53.4 Å². The minimum absolute atomic E-state index is 0.146. The minimum atomic E-state index is -4.54. The third-order valence-electron chi connectivity index (χ3n) is 5.49. The second kappa shape index (κ2) is 9.06. The first-order valence-corrected chi connectivity index (χ1v) is 12.7. The summed E-state index contributed by atoms with van der Waals surface area (Å²) in [5, 5.41) is 0. The fourth-order valence-corrected chi connectivity index (χ4v) is 5.04. The maximum atomic E-state index is 14.0. The van der Waals surface area contributed by atoms with Crippen molar-refractivity contribution < 1.29 is 22.1 Å². The molecule has 182 valence electrons. The summed E-state index contributed by atoms with van der Waals surface area (Å²) in [6, 6.07) is 13.5. The van der Waals surface area contributed by atoms with Crippen LogP contribution in [0.25, 0.3) is 11.3 Å². The number of hydrogen-bond acceptors (Lipinski definition) is 4. The number of nitrogens with one attached hydrogen (secondary N) is 1. The van der Waals surface area contributed by atoms with Crippen molar-refractivity contribution in [2.45, 2.75) is 57.7 Å². The Balaban J connectivity index is 2.21. The summed E-state index contributed by atoms with van der Waals surface area (Å²) in [4.78, 5) is 4.60. The largest absolute Gasteiger partial charge is 0.487 e. The zero-order valence-corrected chi connectivity index (χ0v) is 20.9. The van der Waals surface area contributed by atoms with Gasteiger partial charge >= 0.3 is 6.18 Å². The molecule has 1 N–H and O–H groups in total. The van der Waals surface area contributed by atoms with Crippen LogP contribution in [-0.4, -0.2) is 15.4 Å². The van der Waals surface area contributed by atoms with E-state index < -0.39 is 26.9 Å². The molecule has 4 nitrogen and oxygen atoms in total. The molecule has 3 aromatic rings. The zero-order valence-electron chi connectivity index (χ0n) is 20.1. The molecule has 0 fully saturated rings. The standard InChI is InChI=1S/C26H29F3N2O2S/c1-16-12-20(25(3,4)5)21(26(27,28)29)13-19(16)22-14-23(24(17(2)31-22)34(6,30)32)33-15-18-10-8-7-9-11-18/h7-14,30H,15H2,1-6H3. The molecule has 1 unspecified atom stereocenters. The van der Waals surface area contributed by atoms with Crippen LogP contribution in [0.4, 0.5) is 13.2 Å². The number of aromatic nitrogens is 1. The summed E-state index contributed by atoms with van der Waals surface area (Å²) in [6.45, 7) is 8.73. The third-order valence-corrected chi connectivity index (χ3v) is 6.76. The summed E-state index contributed by atoms with van der Waals surface area (Å²) in [5.41, 5.74) is 1.16. The molecule has 3 rings (SSSR count). The van der Waals surface area contributed by atoms with E-state index in [1.165, 1.54) is 12.3 Å². The number of pyridine rings is 1. The molecule has 0 saturated heterocycles. The van der Waals surface area contributed by atoms with Gasteiger partial charge in [-0.25, -0.2) is 8.99 Å². The second-order valence-electron chi connectivity index (χ2n) is 9.50. The molecule has 0 aliphatic heterocycles. The van der Waals surface area contributed by atoms with Gasteiger partial charge in [-0.3, -0.25) is 4.98 Å². The number of rotatable bonds is 5. The van der Waals surface area contributed by atoms with Gasteiger partial charge in [0.15, 0.2) is 0 Å². The summed E-state index contributed by atoms with van der Waals surface area (Å²) < 4.78 is 68.7. The Hall–Kier alpha value is -2.87. The molecule has 1 aromatic heterocycles. The Kier molecular flexibility index (Phi) is 6.86. The quantitative estimate of drug-likeness (QED) is 0.408. The van der Waals surface area contributed by atoms with Gasteiger partial charge in [0.2, 0.25) is 0 Å². The lowest BCUT2D eigenvalue weighted by molar-refractivity contribution is -0.138. The predicted molar refractivity (Wildman–Crippen MR) is 129 cm³/mol. The van der Waals surface area contributed by atoms with Gasteiger partial charge in [0.05, 0.1) is 26.7 Å². The minimum Gasteiger partial charge on any atom is -0.487 e. The topological polar surface area (TPSA) is 63.0 Å². The molecular weight excluding hydrogens is 461 g/mol. The van der Waals surface area contributed by atoms with Gasteiger partial charge in [-0.2, -0.15) is 13.2 Å². The van der Waals surface area contributed by atoms with Crippen molar-refractivity contribution in [1.29, 1.82) is 4.78 Å². The van der Waals surface area contributed by atoms with E-state index in [9.17, 15) is 17.4 Å². The number of aryl methyl sites for hydroxylation is 2. The number of ether oxygens (including phenoxy) is 1. The highest BCUT2D eigenvalue weighted by Gasteiger charge is 2.37. The van der Waals surface area contributed by atoms with Gasteiger partial charge in [-0.1, -0.05) is 57.2 Å². The van der Waals surface area contributed by atoms with Crippen LogP contribution in [0.2, 0.25) is 0 Å². The van der Waals surface area contributed by atoms with E-state index in [0.717, 1.165) is 11.6 Å².